The Morgan fingerprint density at radius 1 is 1.32 bits per heavy atom. The van der Waals surface area contributed by atoms with Crippen LogP contribution in [0.2, 0.25) is 0 Å². The lowest BCUT2D eigenvalue weighted by Crippen LogP contribution is -2.05. The summed E-state index contributed by atoms with van der Waals surface area (Å²) >= 11 is 0. The molecule has 102 valence electrons. The third kappa shape index (κ3) is 3.15. The second-order valence-electron chi connectivity index (χ2n) is 4.00. The quantitative estimate of drug-likeness (QED) is 0.860. The first-order valence-corrected chi connectivity index (χ1v) is 6.13. The number of benzene rings is 1. The molecule has 0 aliphatic rings. The van der Waals surface area contributed by atoms with Crippen molar-refractivity contribution in [3.8, 4) is 11.5 Å². The first-order valence-electron chi connectivity index (χ1n) is 6.13. The second-order valence-corrected chi connectivity index (χ2v) is 4.00. The largest absolute Gasteiger partial charge is 0.493 e. The zero-order valence-electron chi connectivity index (χ0n) is 11.4. The standard InChI is InChI=1S/C13H18N4O2/c1-4-19-13-7-10(5-6-12(13)18-3)14-8-11-9-15-16-17(11)2/h5-7,9,14H,4,8H2,1-3H3. The molecule has 1 aromatic heterocycles. The minimum atomic E-state index is 0.603. The minimum Gasteiger partial charge on any atom is -0.493 e. The van der Waals surface area contributed by atoms with Gasteiger partial charge in [0, 0.05) is 18.8 Å². The SMILES string of the molecule is CCOc1cc(NCc2cnnn2C)ccc1OC. The van der Waals surface area contributed by atoms with Gasteiger partial charge in [0.25, 0.3) is 0 Å². The van der Waals surface area contributed by atoms with Gasteiger partial charge in [-0.25, -0.2) is 0 Å². The Labute approximate surface area is 112 Å². The van der Waals surface area contributed by atoms with Crippen molar-refractivity contribution in [1.29, 1.82) is 0 Å². The highest BCUT2D eigenvalue weighted by atomic mass is 16.5. The molecule has 0 unspecified atom stereocenters. The zero-order valence-corrected chi connectivity index (χ0v) is 11.4. The van der Waals surface area contributed by atoms with Gasteiger partial charge in [0.1, 0.15) is 0 Å². The Morgan fingerprint density at radius 3 is 2.79 bits per heavy atom. The van der Waals surface area contributed by atoms with Gasteiger partial charge in [-0.05, 0) is 19.1 Å². The van der Waals surface area contributed by atoms with Crippen molar-refractivity contribution in [3.05, 3.63) is 30.1 Å². The molecule has 0 bridgehead atoms. The summed E-state index contributed by atoms with van der Waals surface area (Å²) in [7, 11) is 3.50. The van der Waals surface area contributed by atoms with Crippen LogP contribution in [-0.2, 0) is 13.6 Å². The van der Waals surface area contributed by atoms with Crippen LogP contribution in [0.4, 0.5) is 5.69 Å². The predicted octanol–water partition coefficient (Wildman–Crippen LogP) is 1.83. The number of ether oxygens (including phenoxy) is 2. The van der Waals surface area contributed by atoms with Gasteiger partial charge in [-0.3, -0.25) is 4.68 Å². The maximum absolute atomic E-state index is 5.53. The summed E-state index contributed by atoms with van der Waals surface area (Å²) in [4.78, 5) is 0. The molecular formula is C13H18N4O2. The van der Waals surface area contributed by atoms with Gasteiger partial charge >= 0.3 is 0 Å². The number of aromatic nitrogens is 3. The topological polar surface area (TPSA) is 61.2 Å². The molecule has 2 aromatic rings. The van der Waals surface area contributed by atoms with Crippen molar-refractivity contribution in [2.24, 2.45) is 7.05 Å². The Balaban J connectivity index is 2.08. The van der Waals surface area contributed by atoms with E-state index in [9.17, 15) is 0 Å². The van der Waals surface area contributed by atoms with Crippen LogP contribution in [0.3, 0.4) is 0 Å². The molecule has 0 spiro atoms. The summed E-state index contributed by atoms with van der Waals surface area (Å²) in [6, 6.07) is 5.76. The van der Waals surface area contributed by atoms with Crippen LogP contribution < -0.4 is 14.8 Å². The van der Waals surface area contributed by atoms with Gasteiger partial charge in [-0.2, -0.15) is 0 Å². The number of hydrogen-bond acceptors (Lipinski definition) is 5. The van der Waals surface area contributed by atoms with E-state index in [1.54, 1.807) is 18.0 Å². The Hall–Kier alpha value is -2.24. The average molecular weight is 262 g/mol. The molecule has 6 heteroatoms. The summed E-state index contributed by atoms with van der Waals surface area (Å²) in [5.74, 6) is 1.47. The number of aryl methyl sites for hydroxylation is 1. The van der Waals surface area contributed by atoms with Gasteiger partial charge in [0.05, 0.1) is 32.2 Å². The van der Waals surface area contributed by atoms with Crippen molar-refractivity contribution in [1.82, 2.24) is 15.0 Å². The lowest BCUT2D eigenvalue weighted by atomic mass is 10.2. The average Bonchev–Trinajstić information content (AvgIpc) is 2.82. The fourth-order valence-electron chi connectivity index (χ4n) is 1.72. The Morgan fingerprint density at radius 2 is 2.16 bits per heavy atom. The van der Waals surface area contributed by atoms with E-state index >= 15 is 0 Å². The maximum atomic E-state index is 5.53. The van der Waals surface area contributed by atoms with Crippen molar-refractivity contribution in [2.45, 2.75) is 13.5 Å². The van der Waals surface area contributed by atoms with E-state index in [1.165, 1.54) is 0 Å². The number of nitrogens with zero attached hydrogens (tertiary/aromatic N) is 3. The number of hydrogen-bond donors (Lipinski definition) is 1. The first-order chi connectivity index (χ1) is 9.24. The van der Waals surface area contributed by atoms with E-state index in [0.29, 0.717) is 13.2 Å². The van der Waals surface area contributed by atoms with Gasteiger partial charge in [-0.1, -0.05) is 5.21 Å². The van der Waals surface area contributed by atoms with Crippen LogP contribution in [0.15, 0.2) is 24.4 Å². The van der Waals surface area contributed by atoms with Gasteiger partial charge in [0.15, 0.2) is 11.5 Å². The van der Waals surface area contributed by atoms with Gasteiger partial charge < -0.3 is 14.8 Å². The fraction of sp³-hybridized carbons (Fsp3) is 0.385. The monoisotopic (exact) mass is 262 g/mol. The summed E-state index contributed by atoms with van der Waals surface area (Å²) in [5.41, 5.74) is 1.97. The summed E-state index contributed by atoms with van der Waals surface area (Å²) in [6.45, 7) is 3.20. The molecule has 0 saturated carbocycles. The minimum absolute atomic E-state index is 0.603. The highest BCUT2D eigenvalue weighted by molar-refractivity contribution is 5.54. The van der Waals surface area contributed by atoms with Crippen LogP contribution in [-0.4, -0.2) is 28.7 Å². The summed E-state index contributed by atoms with van der Waals surface area (Å²) < 4.78 is 12.5. The Kier molecular flexibility index (Phi) is 4.22. The molecule has 0 saturated heterocycles. The number of anilines is 1. The van der Waals surface area contributed by atoms with E-state index in [4.69, 9.17) is 9.47 Å². The molecule has 0 fully saturated rings. The summed E-state index contributed by atoms with van der Waals surface area (Å²) in [5, 5.41) is 11.0. The van der Waals surface area contributed by atoms with Crippen molar-refractivity contribution in [2.75, 3.05) is 19.0 Å². The smallest absolute Gasteiger partial charge is 0.163 e. The lowest BCUT2D eigenvalue weighted by molar-refractivity contribution is 0.311. The van der Waals surface area contributed by atoms with E-state index in [-0.39, 0.29) is 0 Å². The maximum Gasteiger partial charge on any atom is 0.163 e. The molecule has 0 atom stereocenters. The van der Waals surface area contributed by atoms with Crippen molar-refractivity contribution < 1.29 is 9.47 Å². The fourth-order valence-corrected chi connectivity index (χ4v) is 1.72. The van der Waals surface area contributed by atoms with E-state index in [1.807, 2.05) is 32.2 Å². The molecule has 0 aliphatic heterocycles. The van der Waals surface area contributed by atoms with Gasteiger partial charge in [0.2, 0.25) is 0 Å². The molecule has 1 N–H and O–H groups in total. The third-order valence-electron chi connectivity index (χ3n) is 2.75. The predicted molar refractivity (Wildman–Crippen MR) is 72.5 cm³/mol. The molecule has 0 radical (unpaired) electrons. The number of nitrogens with one attached hydrogen (secondary N) is 1. The molecule has 19 heavy (non-hydrogen) atoms. The molecular weight excluding hydrogens is 244 g/mol. The first kappa shape index (κ1) is 13.2. The highest BCUT2D eigenvalue weighted by Crippen LogP contribution is 2.30. The molecule has 0 amide bonds. The Bertz CT molecular complexity index is 539. The number of rotatable bonds is 6. The highest BCUT2D eigenvalue weighted by Gasteiger charge is 2.06. The van der Waals surface area contributed by atoms with Crippen LogP contribution in [0.5, 0.6) is 11.5 Å². The second kappa shape index (κ2) is 6.08. The molecule has 1 aromatic carbocycles. The third-order valence-corrected chi connectivity index (χ3v) is 2.75. The van der Waals surface area contributed by atoms with Gasteiger partial charge in [-0.15, -0.1) is 5.10 Å². The lowest BCUT2D eigenvalue weighted by Gasteiger charge is -2.12. The van der Waals surface area contributed by atoms with Crippen molar-refractivity contribution in [3.63, 3.8) is 0 Å². The van der Waals surface area contributed by atoms with Crippen molar-refractivity contribution >= 4 is 5.69 Å². The molecule has 6 nitrogen and oxygen atoms in total. The zero-order chi connectivity index (χ0) is 13.7. The van der Waals surface area contributed by atoms with Crippen LogP contribution >= 0.6 is 0 Å². The van der Waals surface area contributed by atoms with E-state index in [0.717, 1.165) is 22.9 Å². The molecule has 0 aliphatic carbocycles. The van der Waals surface area contributed by atoms with E-state index < -0.39 is 0 Å². The van der Waals surface area contributed by atoms with Crippen LogP contribution in [0.1, 0.15) is 12.6 Å². The van der Waals surface area contributed by atoms with Crippen LogP contribution in [0, 0.1) is 0 Å². The summed E-state index contributed by atoms with van der Waals surface area (Å²) in [6.07, 6.45) is 1.74. The van der Waals surface area contributed by atoms with Crippen LogP contribution in [0.25, 0.3) is 0 Å². The molecule has 1 heterocycles. The normalized spacial score (nSPS) is 10.3. The number of methoxy groups -OCH3 is 1. The van der Waals surface area contributed by atoms with E-state index in [2.05, 4.69) is 15.6 Å². The molecule has 2 rings (SSSR count).